The maximum Gasteiger partial charge on any atom is 0.296 e. The largest absolute Gasteiger partial charge is 0.496 e. The molecular formula is C10H12ClN3O3S2. The smallest absolute Gasteiger partial charge is 0.296 e. The van der Waals surface area contributed by atoms with E-state index in [1.807, 2.05) is 12.3 Å². The van der Waals surface area contributed by atoms with Crippen molar-refractivity contribution in [1.29, 1.82) is 0 Å². The summed E-state index contributed by atoms with van der Waals surface area (Å²) in [7, 11) is 3.02. The third-order valence-electron chi connectivity index (χ3n) is 2.41. The quantitative estimate of drug-likeness (QED) is 0.790. The molecule has 19 heavy (non-hydrogen) atoms. The van der Waals surface area contributed by atoms with Gasteiger partial charge in [-0.1, -0.05) is 6.92 Å². The van der Waals surface area contributed by atoms with E-state index in [0.29, 0.717) is 18.1 Å². The number of halogens is 1. The maximum absolute atomic E-state index is 11.5. The topological polar surface area (TPSA) is 74.1 Å². The third-order valence-corrected chi connectivity index (χ3v) is 4.47. The van der Waals surface area contributed by atoms with E-state index in [2.05, 4.69) is 10.2 Å². The minimum atomic E-state index is -3.91. The molecule has 0 amide bonds. The van der Waals surface area contributed by atoms with Gasteiger partial charge in [0, 0.05) is 28.7 Å². The molecule has 0 saturated heterocycles. The Hall–Kier alpha value is -1.12. The van der Waals surface area contributed by atoms with Crippen LogP contribution in [0.3, 0.4) is 0 Å². The number of ether oxygens (including phenoxy) is 1. The molecule has 0 aliphatic rings. The fourth-order valence-electron chi connectivity index (χ4n) is 1.62. The molecule has 2 aromatic heterocycles. The summed E-state index contributed by atoms with van der Waals surface area (Å²) >= 11 is 1.40. The number of nitrogens with zero attached hydrogens (tertiary/aromatic N) is 3. The molecule has 2 heterocycles. The Balaban J connectivity index is 2.54. The van der Waals surface area contributed by atoms with Crippen molar-refractivity contribution in [3.05, 3.63) is 11.4 Å². The van der Waals surface area contributed by atoms with Gasteiger partial charge in [0.25, 0.3) is 14.2 Å². The van der Waals surface area contributed by atoms with Crippen LogP contribution < -0.4 is 4.74 Å². The van der Waals surface area contributed by atoms with Crippen molar-refractivity contribution in [2.24, 2.45) is 0 Å². The van der Waals surface area contributed by atoms with E-state index in [1.54, 1.807) is 13.2 Å². The molecule has 0 N–H and O–H groups in total. The van der Waals surface area contributed by atoms with Crippen LogP contribution in [0.2, 0.25) is 0 Å². The summed E-state index contributed by atoms with van der Waals surface area (Å²) in [5, 5.41) is 9.19. The van der Waals surface area contributed by atoms with Crippen molar-refractivity contribution in [2.75, 3.05) is 7.11 Å². The lowest BCUT2D eigenvalue weighted by Gasteiger charge is -2.05. The standard InChI is InChI=1S/C10H12ClN3O3S2/c1-3-4-14-9(8-5-7(17-2)6-18-8)12-13-10(14)19(11,15)16/h5-6H,3-4H2,1-2H3. The first-order chi connectivity index (χ1) is 8.97. The number of methoxy groups -OCH3 is 1. The fraction of sp³-hybridized carbons (Fsp3) is 0.400. The first kappa shape index (κ1) is 14.3. The van der Waals surface area contributed by atoms with Gasteiger partial charge in [-0.2, -0.15) is 0 Å². The molecule has 0 aliphatic heterocycles. The van der Waals surface area contributed by atoms with Crippen molar-refractivity contribution >= 4 is 31.1 Å². The first-order valence-electron chi connectivity index (χ1n) is 5.48. The SMILES string of the molecule is CCCn1c(-c2cc(OC)cs2)nnc1S(=O)(=O)Cl. The van der Waals surface area contributed by atoms with Gasteiger partial charge in [-0.3, -0.25) is 4.57 Å². The van der Waals surface area contributed by atoms with Gasteiger partial charge in [0.1, 0.15) is 5.75 Å². The molecule has 0 aliphatic carbocycles. The molecule has 2 aromatic rings. The molecule has 0 saturated carbocycles. The summed E-state index contributed by atoms with van der Waals surface area (Å²) in [6.45, 7) is 2.41. The van der Waals surface area contributed by atoms with Crippen LogP contribution in [0.4, 0.5) is 0 Å². The van der Waals surface area contributed by atoms with Gasteiger partial charge in [-0.25, -0.2) is 8.42 Å². The van der Waals surface area contributed by atoms with Gasteiger partial charge in [0.2, 0.25) is 0 Å². The summed E-state index contributed by atoms with van der Waals surface area (Å²) in [5.74, 6) is 1.18. The molecule has 6 nitrogen and oxygen atoms in total. The van der Waals surface area contributed by atoms with Gasteiger partial charge < -0.3 is 4.74 Å². The zero-order valence-corrected chi connectivity index (χ0v) is 12.7. The van der Waals surface area contributed by atoms with E-state index in [-0.39, 0.29) is 5.16 Å². The second-order valence-corrected chi connectivity index (χ2v) is 7.12. The average Bonchev–Trinajstić information content (AvgIpc) is 2.93. The van der Waals surface area contributed by atoms with Crippen LogP contribution in [0.15, 0.2) is 16.6 Å². The van der Waals surface area contributed by atoms with Crippen LogP contribution >= 0.6 is 22.0 Å². The molecule has 0 atom stereocenters. The summed E-state index contributed by atoms with van der Waals surface area (Å²) < 4.78 is 29.5. The highest BCUT2D eigenvalue weighted by molar-refractivity contribution is 8.13. The second-order valence-electron chi connectivity index (χ2n) is 3.75. The molecule has 0 radical (unpaired) electrons. The molecule has 0 unspecified atom stereocenters. The zero-order chi connectivity index (χ0) is 14.0. The third kappa shape index (κ3) is 2.90. The van der Waals surface area contributed by atoms with Crippen LogP contribution in [0, 0.1) is 0 Å². The van der Waals surface area contributed by atoms with Crippen molar-refractivity contribution < 1.29 is 13.2 Å². The first-order valence-corrected chi connectivity index (χ1v) is 8.67. The monoisotopic (exact) mass is 321 g/mol. The number of hydrogen-bond donors (Lipinski definition) is 0. The number of rotatable bonds is 5. The van der Waals surface area contributed by atoms with Crippen LogP contribution in [0.25, 0.3) is 10.7 Å². The number of thiophene rings is 1. The maximum atomic E-state index is 11.5. The molecular weight excluding hydrogens is 310 g/mol. The van der Waals surface area contributed by atoms with E-state index in [1.165, 1.54) is 15.9 Å². The molecule has 0 bridgehead atoms. The minimum absolute atomic E-state index is 0.224. The van der Waals surface area contributed by atoms with E-state index in [9.17, 15) is 8.42 Å². The van der Waals surface area contributed by atoms with Crippen molar-refractivity contribution in [3.63, 3.8) is 0 Å². The second kappa shape index (κ2) is 5.48. The highest BCUT2D eigenvalue weighted by Crippen LogP contribution is 2.31. The number of hydrogen-bond acceptors (Lipinski definition) is 6. The summed E-state index contributed by atoms with van der Waals surface area (Å²) in [4.78, 5) is 0.782. The lowest BCUT2D eigenvalue weighted by Crippen LogP contribution is -2.07. The van der Waals surface area contributed by atoms with Gasteiger partial charge in [-0.15, -0.1) is 21.5 Å². The normalized spacial score (nSPS) is 11.7. The Morgan fingerprint density at radius 2 is 2.21 bits per heavy atom. The fourth-order valence-corrected chi connectivity index (χ4v) is 3.39. The molecule has 0 aromatic carbocycles. The Morgan fingerprint density at radius 1 is 1.47 bits per heavy atom. The van der Waals surface area contributed by atoms with Gasteiger partial charge in [0.15, 0.2) is 5.82 Å². The molecule has 104 valence electrons. The van der Waals surface area contributed by atoms with E-state index in [0.717, 1.165) is 11.3 Å². The van der Waals surface area contributed by atoms with Gasteiger partial charge >= 0.3 is 0 Å². The summed E-state index contributed by atoms with van der Waals surface area (Å²) in [6, 6.07) is 1.78. The predicted octanol–water partition coefficient (Wildman–Crippen LogP) is 2.35. The van der Waals surface area contributed by atoms with Crippen LogP contribution in [-0.4, -0.2) is 30.3 Å². The highest BCUT2D eigenvalue weighted by Gasteiger charge is 2.23. The highest BCUT2D eigenvalue weighted by atomic mass is 35.7. The van der Waals surface area contributed by atoms with Gasteiger partial charge in [0.05, 0.1) is 12.0 Å². The Kier molecular flexibility index (Phi) is 4.12. The molecule has 0 spiro atoms. The minimum Gasteiger partial charge on any atom is -0.496 e. The Bertz CT molecular complexity index is 678. The van der Waals surface area contributed by atoms with E-state index in [4.69, 9.17) is 15.4 Å². The van der Waals surface area contributed by atoms with E-state index < -0.39 is 9.05 Å². The molecule has 2 rings (SSSR count). The summed E-state index contributed by atoms with van der Waals surface area (Å²) in [5.41, 5.74) is 0. The molecule has 9 heteroatoms. The summed E-state index contributed by atoms with van der Waals surface area (Å²) in [6.07, 6.45) is 0.743. The number of aromatic nitrogens is 3. The molecule has 0 fully saturated rings. The Labute approximate surface area is 119 Å². The van der Waals surface area contributed by atoms with Crippen molar-refractivity contribution in [2.45, 2.75) is 25.0 Å². The van der Waals surface area contributed by atoms with Crippen LogP contribution in [0.1, 0.15) is 13.3 Å². The predicted molar refractivity (Wildman–Crippen MR) is 73.2 cm³/mol. The zero-order valence-electron chi connectivity index (χ0n) is 10.3. The van der Waals surface area contributed by atoms with Gasteiger partial charge in [-0.05, 0) is 6.42 Å². The average molecular weight is 322 g/mol. The van der Waals surface area contributed by atoms with Crippen molar-refractivity contribution in [1.82, 2.24) is 14.8 Å². The lowest BCUT2D eigenvalue weighted by molar-refractivity contribution is 0.417. The Morgan fingerprint density at radius 3 is 2.74 bits per heavy atom. The van der Waals surface area contributed by atoms with Crippen LogP contribution in [0.5, 0.6) is 5.75 Å². The van der Waals surface area contributed by atoms with Crippen molar-refractivity contribution in [3.8, 4) is 16.5 Å². The van der Waals surface area contributed by atoms with Crippen LogP contribution in [-0.2, 0) is 15.6 Å². The van der Waals surface area contributed by atoms with E-state index >= 15 is 0 Å². The lowest BCUT2D eigenvalue weighted by atomic mass is 10.4.